The van der Waals surface area contributed by atoms with E-state index >= 15 is 0 Å². The van der Waals surface area contributed by atoms with Gasteiger partial charge in [0.05, 0.1) is 5.76 Å². The Balaban J connectivity index is 0.000000347. The molecule has 1 N–H and O–H groups in total. The molecule has 4 nitrogen and oxygen atoms in total. The van der Waals surface area contributed by atoms with E-state index in [0.717, 1.165) is 53.4 Å². The first-order chi connectivity index (χ1) is 22.8. The second-order valence-electron chi connectivity index (χ2n) is 14.1. The number of hydrogen-bond acceptors (Lipinski definition) is 4. The molecule has 0 unspecified atom stereocenters. The molecule has 0 spiro atoms. The number of nitrogens with zero attached hydrogens (tertiary/aromatic N) is 2. The molecule has 49 heavy (non-hydrogen) atoms. The van der Waals surface area contributed by atoms with Crippen LogP contribution < -0.4 is 4.40 Å². The fourth-order valence-corrected chi connectivity index (χ4v) is 8.98. The number of ketones is 1. The van der Waals surface area contributed by atoms with Crippen molar-refractivity contribution in [3.05, 3.63) is 102 Å². The zero-order chi connectivity index (χ0) is 35.2. The first kappa shape index (κ1) is 40.3. The van der Waals surface area contributed by atoms with Gasteiger partial charge in [-0.3, -0.25) is 4.79 Å². The molecule has 0 fully saturated rings. The molecule has 0 aliphatic heterocycles. The predicted molar refractivity (Wildman–Crippen MR) is 208 cm³/mol. The van der Waals surface area contributed by atoms with Crippen molar-refractivity contribution >= 4 is 45.1 Å². The molecule has 3 aromatic carbocycles. The van der Waals surface area contributed by atoms with Crippen LogP contribution in [0.1, 0.15) is 70.1 Å². The van der Waals surface area contributed by atoms with Crippen LogP contribution in [0.4, 0.5) is 0 Å². The van der Waals surface area contributed by atoms with Gasteiger partial charge >= 0.3 is 156 Å². The van der Waals surface area contributed by atoms with Crippen molar-refractivity contribution in [2.24, 2.45) is 11.8 Å². The number of hydrogen-bond donors (Lipinski definition) is 1. The summed E-state index contributed by atoms with van der Waals surface area (Å²) in [5.41, 5.74) is 9.09. The molecule has 2 aromatic heterocycles. The van der Waals surface area contributed by atoms with E-state index in [1.807, 2.05) is 40.1 Å². The van der Waals surface area contributed by atoms with Crippen molar-refractivity contribution < 1.29 is 30.0 Å². The predicted octanol–water partition coefficient (Wildman–Crippen LogP) is 11.3. The van der Waals surface area contributed by atoms with Crippen LogP contribution in [0.2, 0.25) is 17.3 Å². The summed E-state index contributed by atoms with van der Waals surface area (Å²) in [5.74, 6) is 7.85. The number of fused-ring (bicyclic) bond motifs is 3. The van der Waals surface area contributed by atoms with E-state index in [4.69, 9.17) is 9.97 Å². The van der Waals surface area contributed by atoms with Gasteiger partial charge in [-0.15, -0.1) is 29.3 Å². The third-order valence-electron chi connectivity index (χ3n) is 9.58. The van der Waals surface area contributed by atoms with Crippen molar-refractivity contribution in [3.63, 3.8) is 0 Å². The summed E-state index contributed by atoms with van der Waals surface area (Å²) in [5, 5.41) is 13.2. The van der Waals surface area contributed by atoms with Crippen LogP contribution in [-0.2, 0) is 24.9 Å². The molecule has 261 valence electrons. The number of carbonyl (C=O) groups is 1. The molecule has 0 bridgehead atoms. The zero-order valence-corrected chi connectivity index (χ0v) is 35.5. The van der Waals surface area contributed by atoms with E-state index in [0.29, 0.717) is 0 Å². The van der Waals surface area contributed by atoms with Gasteiger partial charge in [-0.2, -0.15) is 0 Å². The van der Waals surface area contributed by atoms with Crippen molar-refractivity contribution in [1.29, 1.82) is 0 Å². The van der Waals surface area contributed by atoms with Gasteiger partial charge in [-0.25, -0.2) is 0 Å². The summed E-state index contributed by atoms with van der Waals surface area (Å²) in [4.78, 5) is 21.4. The fraction of sp³-hybridized carbons (Fsp3) is 0.372. The van der Waals surface area contributed by atoms with Gasteiger partial charge < -0.3 is 5.11 Å². The Morgan fingerprint density at radius 2 is 1.45 bits per heavy atom. The quantitative estimate of drug-likeness (QED) is 0.0499. The Kier molecular flexibility index (Phi) is 14.6. The van der Waals surface area contributed by atoms with Crippen LogP contribution in [-0.4, -0.2) is 34.1 Å². The number of aryl methyl sites for hydroxylation is 3. The molecule has 0 saturated heterocycles. The van der Waals surface area contributed by atoms with E-state index in [2.05, 4.69) is 98.7 Å². The third kappa shape index (κ3) is 9.57. The number of pyridine rings is 2. The van der Waals surface area contributed by atoms with E-state index in [1.54, 1.807) is 0 Å². The number of aromatic nitrogens is 2. The molecule has 0 aliphatic rings. The average Bonchev–Trinajstić information content (AvgIpc) is 3.05. The Hall–Kier alpha value is -3.12. The normalized spacial score (nSPS) is 11.9. The molecular formula is C43H53GeIrN2O2-. The van der Waals surface area contributed by atoms with Crippen molar-refractivity contribution in [1.82, 2.24) is 9.97 Å². The van der Waals surface area contributed by atoms with Gasteiger partial charge in [-0.05, 0) is 25.7 Å². The molecular weight excluding hydrogens is 841 g/mol. The number of benzene rings is 3. The smallest absolute Gasteiger partial charge is 0 e. The number of allylic oxidation sites excluding steroid dienone is 2. The third-order valence-corrected chi connectivity index (χ3v) is 13.9. The van der Waals surface area contributed by atoms with Gasteiger partial charge in [0.15, 0.2) is 5.78 Å². The van der Waals surface area contributed by atoms with Gasteiger partial charge in [0.2, 0.25) is 0 Å². The van der Waals surface area contributed by atoms with E-state index < -0.39 is 13.3 Å². The topological polar surface area (TPSA) is 63.1 Å². The van der Waals surface area contributed by atoms with Gasteiger partial charge in [-0.1, -0.05) is 41.5 Å². The molecule has 5 rings (SSSR count). The number of rotatable bonds is 10. The zero-order valence-electron chi connectivity index (χ0n) is 31.0. The van der Waals surface area contributed by atoms with Crippen LogP contribution in [0.3, 0.4) is 0 Å². The molecule has 0 aliphatic carbocycles. The SMILES string of the molecule is CCC(CC)C(=O)/C=C(\O)C(CC)CC.Cc1[c-]c(-c2nccc3c2cnc2c(C)c(-c4cc[c]([Ge]([CH3])([CH3])[CH3])cc4)ccc23)cc(C)c1.[Ir]. The first-order valence-corrected chi connectivity index (χ1v) is 24.9. The van der Waals surface area contributed by atoms with Gasteiger partial charge in [0, 0.05) is 38.0 Å². The summed E-state index contributed by atoms with van der Waals surface area (Å²) in [7, 11) is 0. The minimum atomic E-state index is -1.82. The molecule has 0 atom stereocenters. The van der Waals surface area contributed by atoms with Crippen LogP contribution in [0.15, 0.2) is 78.8 Å². The summed E-state index contributed by atoms with van der Waals surface area (Å²) >= 11 is -1.82. The van der Waals surface area contributed by atoms with Crippen LogP contribution in [0.25, 0.3) is 44.1 Å². The second kappa shape index (κ2) is 17.7. The minimum Gasteiger partial charge on any atom is -0.140 e. The van der Waals surface area contributed by atoms with E-state index in [-0.39, 0.29) is 43.5 Å². The van der Waals surface area contributed by atoms with Gasteiger partial charge in [0.1, 0.15) is 0 Å². The summed E-state index contributed by atoms with van der Waals surface area (Å²) in [6, 6.07) is 23.5. The summed E-state index contributed by atoms with van der Waals surface area (Å²) in [6.45, 7) is 14.5. The molecule has 0 saturated carbocycles. The minimum absolute atomic E-state index is 0. The maximum absolute atomic E-state index is 11.7. The Bertz CT molecular complexity index is 1900. The molecule has 6 heteroatoms. The average molecular weight is 895 g/mol. The number of aliphatic hydroxyl groups is 1. The van der Waals surface area contributed by atoms with Crippen molar-refractivity contribution in [2.45, 2.75) is 91.4 Å². The largest absolute Gasteiger partial charge is 0.140 e. The number of carbonyl (C=O) groups excluding carboxylic acids is 1. The second-order valence-corrected chi connectivity index (χ2v) is 24.7. The molecule has 2 heterocycles. The van der Waals surface area contributed by atoms with Crippen molar-refractivity contribution in [3.8, 4) is 22.4 Å². The molecule has 0 amide bonds. The molecule has 5 aromatic rings. The standard InChI is InChI=1S/C30H29GeN2.C13H24O2.Ir/c1-19-15-20(2)17-23(16-19)30-28-18-33-29-21(3)25(11-12-27(29)26(28)13-14-32-30)22-7-9-24(10-8-22)31(4,5)6;1-5-10(6-2)12(14)9-13(15)11(7-3)8-4;/h7-16,18H,1-6H3;9-11,14H,5-8H2,1-4H3;/q-1;;/b;12-9-;. The maximum Gasteiger partial charge on any atom is 0 e. The number of aliphatic hydroxyl groups excluding tert-OH is 1. The Morgan fingerprint density at radius 3 is 2.02 bits per heavy atom. The summed E-state index contributed by atoms with van der Waals surface area (Å²) in [6.07, 6.45) is 8.80. The fourth-order valence-electron chi connectivity index (χ4n) is 6.53. The van der Waals surface area contributed by atoms with E-state index in [1.165, 1.54) is 43.5 Å². The molecule has 1 radical (unpaired) electrons. The van der Waals surface area contributed by atoms with Crippen molar-refractivity contribution in [2.75, 3.05) is 0 Å². The maximum atomic E-state index is 11.7. The van der Waals surface area contributed by atoms with E-state index in [9.17, 15) is 9.90 Å². The Labute approximate surface area is 310 Å². The summed E-state index contributed by atoms with van der Waals surface area (Å²) < 4.78 is 1.53. The van der Waals surface area contributed by atoms with Crippen LogP contribution in [0, 0.1) is 38.7 Å². The monoisotopic (exact) mass is 896 g/mol. The van der Waals surface area contributed by atoms with Gasteiger partial charge in [0.25, 0.3) is 0 Å². The van der Waals surface area contributed by atoms with Crippen LogP contribution in [0.5, 0.6) is 0 Å². The van der Waals surface area contributed by atoms with Crippen LogP contribution >= 0.6 is 0 Å². The first-order valence-electron chi connectivity index (χ1n) is 17.6. The Morgan fingerprint density at radius 1 is 0.816 bits per heavy atom.